The summed E-state index contributed by atoms with van der Waals surface area (Å²) in [6.07, 6.45) is 4.80. The lowest BCUT2D eigenvalue weighted by Gasteiger charge is -2.29. The molecule has 0 N–H and O–H groups in total. The molecule has 1 saturated heterocycles. The molecule has 0 atom stereocenters. The molecule has 96 valence electrons. The van der Waals surface area contributed by atoms with Gasteiger partial charge >= 0.3 is 0 Å². The van der Waals surface area contributed by atoms with Crippen LogP contribution in [0.4, 0.5) is 0 Å². The second kappa shape index (κ2) is 5.07. The molecule has 1 aliphatic heterocycles. The molecule has 5 nitrogen and oxygen atoms in total. The third kappa shape index (κ3) is 2.71. The molecule has 17 heavy (non-hydrogen) atoms. The van der Waals surface area contributed by atoms with Gasteiger partial charge in [-0.1, -0.05) is 15.9 Å². The largest absolute Gasteiger partial charge is 0.274 e. The summed E-state index contributed by atoms with van der Waals surface area (Å²) in [5.41, 5.74) is 0. The normalized spacial score (nSPS) is 19.6. The van der Waals surface area contributed by atoms with Crippen molar-refractivity contribution in [2.24, 2.45) is 13.0 Å². The standard InChI is InChI=1S/C10H16BrN3O2S/c1-13-8-10(7-12-13)17(15,16)14-4-2-9(6-11)3-5-14/h7-9H,2-6H2,1H3. The number of aryl methyl sites for hydroxylation is 1. The van der Waals surface area contributed by atoms with E-state index < -0.39 is 10.0 Å². The number of alkyl halides is 1. The van der Waals surface area contributed by atoms with Crippen molar-refractivity contribution in [1.29, 1.82) is 0 Å². The monoisotopic (exact) mass is 321 g/mol. The smallest absolute Gasteiger partial charge is 0.246 e. The van der Waals surface area contributed by atoms with Crippen molar-refractivity contribution in [3.05, 3.63) is 12.4 Å². The molecule has 2 rings (SSSR count). The fourth-order valence-corrected chi connectivity index (χ4v) is 4.09. The Morgan fingerprint density at radius 2 is 2.12 bits per heavy atom. The average Bonchev–Trinajstić information content (AvgIpc) is 2.77. The Hall–Kier alpha value is -0.400. The highest BCUT2D eigenvalue weighted by Gasteiger charge is 2.29. The van der Waals surface area contributed by atoms with Crippen LogP contribution in [0.5, 0.6) is 0 Å². The van der Waals surface area contributed by atoms with Gasteiger partial charge in [0.25, 0.3) is 0 Å². The van der Waals surface area contributed by atoms with Crippen molar-refractivity contribution in [3.63, 3.8) is 0 Å². The maximum atomic E-state index is 12.3. The van der Waals surface area contributed by atoms with E-state index in [2.05, 4.69) is 21.0 Å². The highest BCUT2D eigenvalue weighted by Crippen LogP contribution is 2.24. The Balaban J connectivity index is 2.12. The molecule has 0 radical (unpaired) electrons. The van der Waals surface area contributed by atoms with Crippen molar-refractivity contribution in [2.75, 3.05) is 18.4 Å². The van der Waals surface area contributed by atoms with Crippen LogP contribution in [0.1, 0.15) is 12.8 Å². The number of aromatic nitrogens is 2. The van der Waals surface area contributed by atoms with Gasteiger partial charge in [-0.2, -0.15) is 9.40 Å². The predicted molar refractivity (Wildman–Crippen MR) is 68.5 cm³/mol. The van der Waals surface area contributed by atoms with Gasteiger partial charge in [0, 0.05) is 31.7 Å². The molecule has 0 unspecified atom stereocenters. The molecular formula is C10H16BrN3O2S. The van der Waals surface area contributed by atoms with Gasteiger partial charge in [-0.05, 0) is 18.8 Å². The molecule has 2 heterocycles. The maximum Gasteiger partial charge on any atom is 0.246 e. The third-order valence-electron chi connectivity index (χ3n) is 3.11. The molecule has 1 aromatic rings. The van der Waals surface area contributed by atoms with E-state index in [9.17, 15) is 8.42 Å². The van der Waals surface area contributed by atoms with Gasteiger partial charge in [-0.25, -0.2) is 8.42 Å². The Morgan fingerprint density at radius 1 is 1.47 bits per heavy atom. The van der Waals surface area contributed by atoms with E-state index in [1.54, 1.807) is 17.5 Å². The highest BCUT2D eigenvalue weighted by molar-refractivity contribution is 9.09. The summed E-state index contributed by atoms with van der Waals surface area (Å²) in [5, 5.41) is 4.86. The van der Waals surface area contributed by atoms with E-state index in [4.69, 9.17) is 0 Å². The zero-order valence-electron chi connectivity index (χ0n) is 9.71. The van der Waals surface area contributed by atoms with Crippen LogP contribution < -0.4 is 0 Å². The minimum absolute atomic E-state index is 0.289. The van der Waals surface area contributed by atoms with Crippen LogP contribution in [0.15, 0.2) is 17.3 Å². The lowest BCUT2D eigenvalue weighted by Crippen LogP contribution is -2.38. The minimum Gasteiger partial charge on any atom is -0.274 e. The molecule has 1 aromatic heterocycles. The summed E-state index contributed by atoms with van der Waals surface area (Å²) < 4.78 is 27.6. The number of nitrogens with zero attached hydrogens (tertiary/aromatic N) is 3. The van der Waals surface area contributed by atoms with Crippen molar-refractivity contribution >= 4 is 26.0 Å². The van der Waals surface area contributed by atoms with Crippen LogP contribution in [0.25, 0.3) is 0 Å². The Morgan fingerprint density at radius 3 is 2.59 bits per heavy atom. The van der Waals surface area contributed by atoms with Crippen LogP contribution in [0, 0.1) is 5.92 Å². The summed E-state index contributed by atoms with van der Waals surface area (Å²) in [4.78, 5) is 0.289. The predicted octanol–water partition coefficient (Wildman–Crippen LogP) is 1.22. The molecule has 1 fully saturated rings. The zero-order valence-corrected chi connectivity index (χ0v) is 12.1. The van der Waals surface area contributed by atoms with Crippen LogP contribution in [0.2, 0.25) is 0 Å². The molecule has 7 heteroatoms. The van der Waals surface area contributed by atoms with Gasteiger partial charge in [0.1, 0.15) is 4.90 Å². The number of halogens is 1. The molecule has 0 aromatic carbocycles. The highest BCUT2D eigenvalue weighted by atomic mass is 79.9. The van der Waals surface area contributed by atoms with Gasteiger partial charge in [-0.15, -0.1) is 0 Å². The second-order valence-corrected chi connectivity index (χ2v) is 6.94. The van der Waals surface area contributed by atoms with Crippen molar-refractivity contribution in [2.45, 2.75) is 17.7 Å². The van der Waals surface area contributed by atoms with E-state index in [1.807, 2.05) is 0 Å². The fraction of sp³-hybridized carbons (Fsp3) is 0.700. The number of hydrogen-bond donors (Lipinski definition) is 0. The Labute approximate surface area is 110 Å². The maximum absolute atomic E-state index is 12.3. The number of hydrogen-bond acceptors (Lipinski definition) is 3. The van der Waals surface area contributed by atoms with E-state index in [0.29, 0.717) is 19.0 Å². The van der Waals surface area contributed by atoms with Gasteiger partial charge < -0.3 is 0 Å². The number of rotatable bonds is 3. The lowest BCUT2D eigenvalue weighted by molar-refractivity contribution is 0.292. The lowest BCUT2D eigenvalue weighted by atomic mass is 10.0. The summed E-state index contributed by atoms with van der Waals surface area (Å²) in [7, 11) is -1.62. The van der Waals surface area contributed by atoms with Crippen molar-refractivity contribution < 1.29 is 8.42 Å². The summed E-state index contributed by atoms with van der Waals surface area (Å²) >= 11 is 3.45. The van der Waals surface area contributed by atoms with Gasteiger partial charge in [-0.3, -0.25) is 4.68 Å². The molecule has 0 aliphatic carbocycles. The molecule has 0 amide bonds. The quantitative estimate of drug-likeness (QED) is 0.786. The van der Waals surface area contributed by atoms with E-state index in [1.165, 1.54) is 10.9 Å². The molecule has 0 bridgehead atoms. The molecule has 0 saturated carbocycles. The van der Waals surface area contributed by atoms with E-state index in [0.717, 1.165) is 18.2 Å². The molecular weight excluding hydrogens is 306 g/mol. The number of piperidine rings is 1. The van der Waals surface area contributed by atoms with Gasteiger partial charge in [0.15, 0.2) is 0 Å². The average molecular weight is 322 g/mol. The van der Waals surface area contributed by atoms with Gasteiger partial charge in [0.2, 0.25) is 10.0 Å². The fourth-order valence-electron chi connectivity index (χ4n) is 1.98. The first kappa shape index (κ1) is 13.0. The van der Waals surface area contributed by atoms with Crippen LogP contribution in [0.3, 0.4) is 0 Å². The molecule has 1 aliphatic rings. The van der Waals surface area contributed by atoms with Crippen LogP contribution in [-0.4, -0.2) is 40.9 Å². The minimum atomic E-state index is -3.34. The van der Waals surface area contributed by atoms with Crippen LogP contribution >= 0.6 is 15.9 Å². The Kier molecular flexibility index (Phi) is 3.89. The Bertz CT molecular complexity index is 477. The SMILES string of the molecule is Cn1cc(S(=O)(=O)N2CCC(CBr)CC2)cn1. The van der Waals surface area contributed by atoms with Gasteiger partial charge in [0.05, 0.1) is 6.20 Å². The zero-order chi connectivity index (χ0) is 12.5. The van der Waals surface area contributed by atoms with E-state index in [-0.39, 0.29) is 4.90 Å². The van der Waals surface area contributed by atoms with Crippen LogP contribution in [-0.2, 0) is 17.1 Å². The third-order valence-corrected chi connectivity index (χ3v) is 5.88. The van der Waals surface area contributed by atoms with E-state index >= 15 is 0 Å². The second-order valence-electron chi connectivity index (χ2n) is 4.35. The summed E-state index contributed by atoms with van der Waals surface area (Å²) in [5.74, 6) is 0.593. The van der Waals surface area contributed by atoms with Crippen molar-refractivity contribution in [3.8, 4) is 0 Å². The first-order chi connectivity index (χ1) is 8.04. The summed E-state index contributed by atoms with van der Waals surface area (Å²) in [6, 6.07) is 0. The number of sulfonamides is 1. The topological polar surface area (TPSA) is 55.2 Å². The first-order valence-corrected chi connectivity index (χ1v) is 8.15. The summed E-state index contributed by atoms with van der Waals surface area (Å²) in [6.45, 7) is 1.21. The first-order valence-electron chi connectivity index (χ1n) is 5.59. The molecule has 0 spiro atoms. The van der Waals surface area contributed by atoms with Crippen molar-refractivity contribution in [1.82, 2.24) is 14.1 Å².